The van der Waals surface area contributed by atoms with E-state index in [2.05, 4.69) is 5.32 Å². The molecule has 0 aliphatic carbocycles. The largest absolute Gasteiger partial charge is 0.416 e. The first-order chi connectivity index (χ1) is 18.3. The molecule has 2 aromatic carbocycles. The Morgan fingerprint density at radius 1 is 0.925 bits per heavy atom. The number of nitrogens with two attached hydrogens (primary N) is 1. The Labute approximate surface area is 224 Å². The van der Waals surface area contributed by atoms with Crippen LogP contribution in [0, 0.1) is 0 Å². The molecule has 7 nitrogen and oxygen atoms in total. The molecular formula is C22H17F9N4O3S2. The van der Waals surface area contributed by atoms with Crippen LogP contribution in [0.15, 0.2) is 51.9 Å². The quantitative estimate of drug-likeness (QED) is 0.413. The summed E-state index contributed by atoms with van der Waals surface area (Å²) in [6.45, 7) is 0.421. The molecule has 1 atom stereocenters. The van der Waals surface area contributed by atoms with Crippen LogP contribution in [0.3, 0.4) is 0 Å². The van der Waals surface area contributed by atoms with Gasteiger partial charge in [-0.05, 0) is 36.4 Å². The minimum atomic E-state index is -5.33. The van der Waals surface area contributed by atoms with Crippen molar-refractivity contribution < 1.29 is 52.7 Å². The second-order valence-electron chi connectivity index (χ2n) is 8.59. The van der Waals surface area contributed by atoms with E-state index in [0.717, 1.165) is 22.7 Å². The average molecular weight is 621 g/mol. The van der Waals surface area contributed by atoms with Gasteiger partial charge >= 0.3 is 18.5 Å². The second-order valence-corrected chi connectivity index (χ2v) is 11.5. The number of halogens is 9. The standard InChI is InChI=1S/C22H17F9N4O3S2/c23-20(24,25)10-1-2-14(18(32)36)16(8-10)35-15-3-4-33-9-17(15)39-19(35)34-40(37,38)13-6-11(21(26,27)28)5-12(7-13)22(29,30)31/h1-2,5-8,19,33-34H,3-4,9H2,(H2,32,36). The third-order valence-electron chi connectivity index (χ3n) is 5.90. The number of alkyl halides is 9. The zero-order valence-electron chi connectivity index (χ0n) is 19.6. The van der Waals surface area contributed by atoms with Gasteiger partial charge in [0.2, 0.25) is 10.0 Å². The Hall–Kier alpha value is -2.96. The summed E-state index contributed by atoms with van der Waals surface area (Å²) >= 11 is 0.747. The monoisotopic (exact) mass is 620 g/mol. The second kappa shape index (κ2) is 10.1. The van der Waals surface area contributed by atoms with E-state index in [0.29, 0.717) is 29.3 Å². The SMILES string of the molecule is NC(=O)c1ccc(C(F)(F)F)cc1N1C2=C(CNCC2)SC1NS(=O)(=O)c1cc(C(F)(F)F)cc(C(F)(F)F)c1. The van der Waals surface area contributed by atoms with Crippen molar-refractivity contribution in [1.82, 2.24) is 10.0 Å². The Balaban J connectivity index is 1.84. The number of hydrogen-bond donors (Lipinski definition) is 3. The van der Waals surface area contributed by atoms with Crippen LogP contribution in [-0.4, -0.2) is 32.9 Å². The molecule has 4 N–H and O–H groups in total. The van der Waals surface area contributed by atoms with Gasteiger partial charge in [0, 0.05) is 30.1 Å². The van der Waals surface area contributed by atoms with Crippen molar-refractivity contribution in [2.75, 3.05) is 18.0 Å². The predicted octanol–water partition coefficient (Wildman–Crippen LogP) is 4.86. The Kier molecular flexibility index (Phi) is 7.61. The zero-order valence-corrected chi connectivity index (χ0v) is 21.3. The van der Waals surface area contributed by atoms with Crippen molar-refractivity contribution in [2.45, 2.75) is 35.3 Å². The lowest BCUT2D eigenvalue weighted by atomic mass is 10.1. The van der Waals surface area contributed by atoms with E-state index in [1.165, 1.54) is 0 Å². The van der Waals surface area contributed by atoms with Crippen molar-refractivity contribution in [3.63, 3.8) is 0 Å². The van der Waals surface area contributed by atoms with Crippen molar-refractivity contribution in [2.24, 2.45) is 5.73 Å². The molecule has 0 saturated carbocycles. The topological polar surface area (TPSA) is 105 Å². The number of thioether (sulfide) groups is 1. The summed E-state index contributed by atoms with van der Waals surface area (Å²) in [7, 11) is -5.16. The van der Waals surface area contributed by atoms with Crippen LogP contribution in [0.4, 0.5) is 45.2 Å². The van der Waals surface area contributed by atoms with Gasteiger partial charge in [-0.15, -0.1) is 0 Å². The van der Waals surface area contributed by atoms with Gasteiger partial charge < -0.3 is 16.0 Å². The van der Waals surface area contributed by atoms with Crippen LogP contribution in [0.25, 0.3) is 0 Å². The summed E-state index contributed by atoms with van der Waals surface area (Å²) in [6, 6.07) is 1.71. The van der Waals surface area contributed by atoms with Gasteiger partial charge in [0.25, 0.3) is 5.91 Å². The van der Waals surface area contributed by atoms with E-state index in [1.807, 2.05) is 4.72 Å². The number of anilines is 1. The number of carbonyl (C=O) groups is 1. The number of nitrogens with zero attached hydrogens (tertiary/aromatic N) is 1. The van der Waals surface area contributed by atoms with Crippen LogP contribution in [0.5, 0.6) is 0 Å². The number of primary amides is 1. The molecule has 40 heavy (non-hydrogen) atoms. The van der Waals surface area contributed by atoms with Gasteiger partial charge in [0.05, 0.1) is 32.8 Å². The van der Waals surface area contributed by atoms with Crippen molar-refractivity contribution in [3.05, 3.63) is 69.3 Å². The van der Waals surface area contributed by atoms with E-state index in [-0.39, 0.29) is 31.2 Å². The fourth-order valence-corrected chi connectivity index (χ4v) is 6.87. The van der Waals surface area contributed by atoms with E-state index < -0.39 is 72.8 Å². The third-order valence-corrected chi connectivity index (χ3v) is 8.66. The first-order valence-corrected chi connectivity index (χ1v) is 13.4. The number of benzene rings is 2. The zero-order chi connectivity index (χ0) is 29.8. The number of amides is 1. The molecule has 0 aromatic heterocycles. The van der Waals surface area contributed by atoms with Crippen molar-refractivity contribution in [1.29, 1.82) is 0 Å². The highest BCUT2D eigenvalue weighted by atomic mass is 32.2. The first kappa shape index (κ1) is 30.0. The molecule has 218 valence electrons. The van der Waals surface area contributed by atoms with Crippen molar-refractivity contribution in [3.8, 4) is 0 Å². The molecule has 0 bridgehead atoms. The first-order valence-electron chi connectivity index (χ1n) is 11.0. The lowest BCUT2D eigenvalue weighted by molar-refractivity contribution is -0.143. The molecule has 2 heterocycles. The lowest BCUT2D eigenvalue weighted by Crippen LogP contribution is -2.44. The van der Waals surface area contributed by atoms with Gasteiger partial charge in [0.15, 0.2) is 0 Å². The molecule has 2 aliphatic heterocycles. The van der Waals surface area contributed by atoms with Gasteiger partial charge in [0.1, 0.15) is 5.50 Å². The highest BCUT2D eigenvalue weighted by Crippen LogP contribution is 2.46. The number of sulfonamides is 1. The maximum atomic E-state index is 13.5. The number of rotatable bonds is 5. The van der Waals surface area contributed by atoms with Crippen LogP contribution >= 0.6 is 11.8 Å². The molecule has 0 saturated heterocycles. The molecule has 18 heteroatoms. The molecule has 1 unspecified atom stereocenters. The molecule has 0 fully saturated rings. The summed E-state index contributed by atoms with van der Waals surface area (Å²) in [5, 5.41) is 2.96. The molecule has 4 rings (SSSR count). The number of nitrogens with one attached hydrogen (secondary N) is 2. The van der Waals surface area contributed by atoms with Crippen LogP contribution < -0.4 is 20.7 Å². The molecule has 1 amide bonds. The summed E-state index contributed by atoms with van der Waals surface area (Å²) in [5.41, 5.74) is -1.80. The third kappa shape index (κ3) is 6.03. The highest BCUT2D eigenvalue weighted by molar-refractivity contribution is 8.04. The number of hydrogen-bond acceptors (Lipinski definition) is 6. The lowest BCUT2D eigenvalue weighted by Gasteiger charge is -2.32. The fourth-order valence-electron chi connectivity index (χ4n) is 4.09. The van der Waals surface area contributed by atoms with Gasteiger partial charge in [-0.1, -0.05) is 11.8 Å². The van der Waals surface area contributed by atoms with E-state index in [4.69, 9.17) is 5.73 Å². The van der Waals surface area contributed by atoms with E-state index in [9.17, 15) is 52.7 Å². The normalized spacial score (nSPS) is 18.7. The molecule has 2 aromatic rings. The summed E-state index contributed by atoms with van der Waals surface area (Å²) in [5.74, 6) is -1.16. The van der Waals surface area contributed by atoms with E-state index >= 15 is 0 Å². The van der Waals surface area contributed by atoms with Crippen LogP contribution in [-0.2, 0) is 28.6 Å². The molecular weight excluding hydrogens is 603 g/mol. The van der Waals surface area contributed by atoms with Crippen LogP contribution in [0.1, 0.15) is 33.5 Å². The Morgan fingerprint density at radius 2 is 1.50 bits per heavy atom. The van der Waals surface area contributed by atoms with Gasteiger partial charge in [-0.2, -0.15) is 44.2 Å². The van der Waals surface area contributed by atoms with Crippen LogP contribution in [0.2, 0.25) is 0 Å². The maximum absolute atomic E-state index is 13.5. The molecule has 0 spiro atoms. The minimum Gasteiger partial charge on any atom is -0.366 e. The van der Waals surface area contributed by atoms with E-state index in [1.54, 1.807) is 0 Å². The molecule has 2 aliphatic rings. The summed E-state index contributed by atoms with van der Waals surface area (Å²) in [6.07, 6.45) is -15.4. The van der Waals surface area contributed by atoms with Gasteiger partial charge in [-0.3, -0.25) is 4.79 Å². The minimum absolute atomic E-state index is 0.00946. The maximum Gasteiger partial charge on any atom is 0.416 e. The van der Waals surface area contributed by atoms with Crippen molar-refractivity contribution >= 4 is 33.4 Å². The Morgan fingerprint density at radius 3 is 2.02 bits per heavy atom. The smallest absolute Gasteiger partial charge is 0.366 e. The highest BCUT2D eigenvalue weighted by Gasteiger charge is 2.42. The summed E-state index contributed by atoms with van der Waals surface area (Å²) < 4.78 is 149. The average Bonchev–Trinajstić information content (AvgIpc) is 3.18. The number of carbonyl (C=O) groups excluding carboxylic acids is 1. The summed E-state index contributed by atoms with van der Waals surface area (Å²) in [4.78, 5) is 12.2. The Bertz CT molecular complexity index is 1450. The molecule has 0 radical (unpaired) electrons. The predicted molar refractivity (Wildman–Crippen MR) is 125 cm³/mol. The fraction of sp³-hybridized carbons (Fsp3) is 0.318. The van der Waals surface area contributed by atoms with Gasteiger partial charge in [-0.25, -0.2) is 8.42 Å².